The van der Waals surface area contributed by atoms with Crippen molar-refractivity contribution in [1.82, 2.24) is 5.43 Å². The second kappa shape index (κ2) is 7.87. The zero-order valence-corrected chi connectivity index (χ0v) is 16.2. The molecule has 0 atom stereocenters. The van der Waals surface area contributed by atoms with Gasteiger partial charge in [-0.3, -0.25) is 4.79 Å². The molecular formula is C18H14BrN3O4S. The Bertz CT molecular complexity index is 1090. The lowest BCUT2D eigenvalue weighted by Crippen LogP contribution is -2.17. The van der Waals surface area contributed by atoms with Crippen LogP contribution in [0.4, 0.5) is 0 Å². The average molecular weight is 448 g/mol. The van der Waals surface area contributed by atoms with Crippen molar-refractivity contribution < 1.29 is 17.6 Å². The number of nitrogens with one attached hydrogen (secondary N) is 1. The number of halogens is 1. The number of carbonyl (C=O) groups excluding carboxylic acids is 1. The number of hydrogen-bond acceptors (Lipinski definition) is 5. The maximum atomic E-state index is 12.0. The van der Waals surface area contributed by atoms with Crippen LogP contribution in [0, 0.1) is 0 Å². The van der Waals surface area contributed by atoms with E-state index in [2.05, 4.69) is 26.5 Å². The number of amides is 1. The molecule has 0 saturated carbocycles. The third-order valence-electron chi connectivity index (χ3n) is 3.56. The predicted octanol–water partition coefficient (Wildman–Crippen LogP) is 3.12. The van der Waals surface area contributed by atoms with E-state index in [0.717, 1.165) is 4.47 Å². The summed E-state index contributed by atoms with van der Waals surface area (Å²) in [4.78, 5) is 12.0. The average Bonchev–Trinajstić information content (AvgIpc) is 3.10. The summed E-state index contributed by atoms with van der Waals surface area (Å²) in [5.74, 6) is 0.609. The Hall–Kier alpha value is -2.75. The highest BCUT2D eigenvalue weighted by atomic mass is 79.9. The molecule has 0 aliphatic rings. The van der Waals surface area contributed by atoms with Gasteiger partial charge in [-0.05, 0) is 60.7 Å². The highest BCUT2D eigenvalue weighted by Crippen LogP contribution is 2.23. The molecule has 0 radical (unpaired) electrons. The van der Waals surface area contributed by atoms with E-state index in [1.165, 1.54) is 18.3 Å². The van der Waals surface area contributed by atoms with Crippen LogP contribution in [0.2, 0.25) is 0 Å². The molecule has 1 heterocycles. The van der Waals surface area contributed by atoms with Gasteiger partial charge in [0.15, 0.2) is 0 Å². The number of nitrogens with zero attached hydrogens (tertiary/aromatic N) is 1. The Balaban J connectivity index is 1.66. The monoisotopic (exact) mass is 447 g/mol. The maximum absolute atomic E-state index is 12.0. The third-order valence-corrected chi connectivity index (χ3v) is 5.02. The highest BCUT2D eigenvalue weighted by Gasteiger charge is 2.09. The lowest BCUT2D eigenvalue weighted by molar-refractivity contribution is 0.0955. The van der Waals surface area contributed by atoms with Gasteiger partial charge in [0.25, 0.3) is 5.91 Å². The van der Waals surface area contributed by atoms with E-state index in [1.54, 1.807) is 48.5 Å². The number of rotatable bonds is 5. The Kier molecular flexibility index (Phi) is 5.54. The van der Waals surface area contributed by atoms with Gasteiger partial charge in [0, 0.05) is 15.6 Å². The molecule has 3 rings (SSSR count). The summed E-state index contributed by atoms with van der Waals surface area (Å²) < 4.78 is 29.0. The van der Waals surface area contributed by atoms with Crippen LogP contribution in [-0.4, -0.2) is 20.5 Å². The lowest BCUT2D eigenvalue weighted by atomic mass is 10.2. The molecule has 0 bridgehead atoms. The van der Waals surface area contributed by atoms with Crippen LogP contribution < -0.4 is 10.6 Å². The van der Waals surface area contributed by atoms with Crippen LogP contribution in [0.15, 0.2) is 79.6 Å². The topological polar surface area (TPSA) is 115 Å². The zero-order valence-electron chi connectivity index (χ0n) is 13.8. The van der Waals surface area contributed by atoms with Gasteiger partial charge in [0.1, 0.15) is 11.5 Å². The zero-order chi connectivity index (χ0) is 19.4. The summed E-state index contributed by atoms with van der Waals surface area (Å²) >= 11 is 3.30. The Morgan fingerprint density at radius 1 is 1.04 bits per heavy atom. The van der Waals surface area contributed by atoms with E-state index in [9.17, 15) is 13.2 Å². The molecule has 0 saturated heterocycles. The second-order valence-corrected chi connectivity index (χ2v) is 7.95. The van der Waals surface area contributed by atoms with Gasteiger partial charge in [-0.2, -0.15) is 5.10 Å². The largest absolute Gasteiger partial charge is 0.455 e. The SMILES string of the molecule is NS(=O)(=O)c1ccc(-c2ccc(C=NNC(=O)c3ccc(Br)cc3)o2)cc1. The molecule has 0 unspecified atom stereocenters. The van der Waals surface area contributed by atoms with Crippen LogP contribution in [0.25, 0.3) is 11.3 Å². The summed E-state index contributed by atoms with van der Waals surface area (Å²) in [5.41, 5.74) is 3.57. The van der Waals surface area contributed by atoms with Crippen molar-refractivity contribution in [2.45, 2.75) is 4.90 Å². The van der Waals surface area contributed by atoms with Crippen molar-refractivity contribution in [3.05, 3.63) is 76.5 Å². The van der Waals surface area contributed by atoms with E-state index < -0.39 is 10.0 Å². The molecule has 0 aliphatic heterocycles. The van der Waals surface area contributed by atoms with Gasteiger partial charge < -0.3 is 4.42 Å². The minimum absolute atomic E-state index is 0.0234. The summed E-state index contributed by atoms with van der Waals surface area (Å²) in [6.45, 7) is 0. The van der Waals surface area contributed by atoms with Gasteiger partial charge >= 0.3 is 0 Å². The Labute approximate surface area is 164 Å². The second-order valence-electron chi connectivity index (χ2n) is 5.48. The fourth-order valence-electron chi connectivity index (χ4n) is 2.21. The molecule has 3 aromatic rings. The van der Waals surface area contributed by atoms with Gasteiger partial charge in [-0.25, -0.2) is 19.0 Å². The quantitative estimate of drug-likeness (QED) is 0.461. The number of nitrogens with two attached hydrogens (primary N) is 1. The first-order valence-electron chi connectivity index (χ1n) is 7.65. The van der Waals surface area contributed by atoms with Gasteiger partial charge in [-0.15, -0.1) is 0 Å². The first kappa shape index (κ1) is 19.0. The normalized spacial score (nSPS) is 11.6. The fourth-order valence-corrected chi connectivity index (χ4v) is 2.99. The smallest absolute Gasteiger partial charge is 0.271 e. The number of hydrogen-bond donors (Lipinski definition) is 2. The van der Waals surface area contributed by atoms with Crippen molar-refractivity contribution in [1.29, 1.82) is 0 Å². The van der Waals surface area contributed by atoms with Crippen LogP contribution in [0.3, 0.4) is 0 Å². The maximum Gasteiger partial charge on any atom is 0.271 e. The lowest BCUT2D eigenvalue weighted by Gasteiger charge is -2.00. The van der Waals surface area contributed by atoms with Crippen molar-refractivity contribution in [3.63, 3.8) is 0 Å². The van der Waals surface area contributed by atoms with E-state index in [1.807, 2.05) is 0 Å². The van der Waals surface area contributed by atoms with Gasteiger partial charge in [0.05, 0.1) is 11.1 Å². The number of hydrazone groups is 1. The standard InChI is InChI=1S/C18H14BrN3O4S/c19-14-5-1-13(2-6-14)18(23)22-21-11-15-7-10-17(26-15)12-3-8-16(9-4-12)27(20,24)25/h1-11H,(H,22,23)(H2,20,24,25). The third kappa shape index (κ3) is 4.91. The van der Waals surface area contributed by atoms with E-state index in [0.29, 0.717) is 22.6 Å². The number of sulfonamides is 1. The molecule has 7 nitrogen and oxygen atoms in total. The number of carbonyl (C=O) groups is 1. The van der Waals surface area contributed by atoms with Gasteiger partial charge in [0.2, 0.25) is 10.0 Å². The molecule has 138 valence electrons. The first-order valence-corrected chi connectivity index (χ1v) is 9.99. The van der Waals surface area contributed by atoms with Crippen molar-refractivity contribution in [2.24, 2.45) is 10.2 Å². The summed E-state index contributed by atoms with van der Waals surface area (Å²) in [5, 5.41) is 8.94. The van der Waals surface area contributed by atoms with Crippen molar-refractivity contribution >= 4 is 38.1 Å². The highest BCUT2D eigenvalue weighted by molar-refractivity contribution is 9.10. The van der Waals surface area contributed by atoms with Crippen molar-refractivity contribution in [2.75, 3.05) is 0 Å². The summed E-state index contributed by atoms with van der Waals surface area (Å²) in [6, 6.07) is 16.2. The molecule has 9 heteroatoms. The van der Waals surface area contributed by atoms with Crippen LogP contribution in [0.1, 0.15) is 16.1 Å². The summed E-state index contributed by atoms with van der Waals surface area (Å²) in [6.07, 6.45) is 1.37. The summed E-state index contributed by atoms with van der Waals surface area (Å²) in [7, 11) is -3.74. The Morgan fingerprint density at radius 3 is 2.33 bits per heavy atom. The Morgan fingerprint density at radius 2 is 1.70 bits per heavy atom. The molecule has 0 aliphatic carbocycles. The van der Waals surface area contributed by atoms with Crippen LogP contribution in [-0.2, 0) is 10.0 Å². The number of primary sulfonamides is 1. The minimum atomic E-state index is -3.74. The minimum Gasteiger partial charge on any atom is -0.455 e. The predicted molar refractivity (Wildman–Crippen MR) is 105 cm³/mol. The number of furan rings is 1. The van der Waals surface area contributed by atoms with E-state index in [-0.39, 0.29) is 10.8 Å². The van der Waals surface area contributed by atoms with Crippen LogP contribution >= 0.6 is 15.9 Å². The molecular weight excluding hydrogens is 434 g/mol. The number of benzene rings is 2. The van der Waals surface area contributed by atoms with Crippen molar-refractivity contribution in [3.8, 4) is 11.3 Å². The molecule has 1 amide bonds. The molecule has 27 heavy (non-hydrogen) atoms. The first-order chi connectivity index (χ1) is 12.8. The molecule has 1 aromatic heterocycles. The van der Waals surface area contributed by atoms with Crippen LogP contribution in [0.5, 0.6) is 0 Å². The molecule has 2 aromatic carbocycles. The van der Waals surface area contributed by atoms with E-state index >= 15 is 0 Å². The molecule has 3 N–H and O–H groups in total. The molecule has 0 fully saturated rings. The fraction of sp³-hybridized carbons (Fsp3) is 0. The van der Waals surface area contributed by atoms with E-state index in [4.69, 9.17) is 9.56 Å². The van der Waals surface area contributed by atoms with Gasteiger partial charge in [-0.1, -0.05) is 15.9 Å². The molecule has 0 spiro atoms.